The molecule has 2 aromatic heterocycles. The summed E-state index contributed by atoms with van der Waals surface area (Å²) < 4.78 is 5.75. The Kier molecular flexibility index (Phi) is 4.32. The van der Waals surface area contributed by atoms with Gasteiger partial charge in [-0.25, -0.2) is 0 Å². The Morgan fingerprint density at radius 2 is 1.95 bits per heavy atom. The number of nitrogens with one attached hydrogen (secondary N) is 1. The molecule has 3 nitrogen and oxygen atoms in total. The molecule has 3 aromatic rings. The van der Waals surface area contributed by atoms with Crippen molar-refractivity contribution in [2.75, 3.05) is 0 Å². The largest absolute Gasteiger partial charge is 0.459 e. The molecular weight excluding hydrogens is 318 g/mol. The topological polar surface area (TPSA) is 42.2 Å². The molecule has 0 aliphatic rings. The van der Waals surface area contributed by atoms with Gasteiger partial charge in [0.2, 0.25) is 0 Å². The van der Waals surface area contributed by atoms with Crippen molar-refractivity contribution in [2.24, 2.45) is 0 Å². The molecule has 1 N–H and O–H groups in total. The van der Waals surface area contributed by atoms with Crippen molar-refractivity contribution in [1.29, 1.82) is 0 Å². The lowest BCUT2D eigenvalue weighted by atomic mass is 10.2. The van der Waals surface area contributed by atoms with E-state index in [9.17, 15) is 4.79 Å². The van der Waals surface area contributed by atoms with Gasteiger partial charge < -0.3 is 9.73 Å². The van der Waals surface area contributed by atoms with E-state index in [1.54, 1.807) is 0 Å². The first-order valence-electron chi connectivity index (χ1n) is 6.80. The van der Waals surface area contributed by atoms with Gasteiger partial charge in [-0.05, 0) is 60.3 Å². The van der Waals surface area contributed by atoms with Crippen molar-refractivity contribution < 1.29 is 9.21 Å². The molecule has 22 heavy (non-hydrogen) atoms. The Morgan fingerprint density at radius 1 is 1.18 bits per heavy atom. The van der Waals surface area contributed by atoms with E-state index in [0.29, 0.717) is 17.3 Å². The van der Waals surface area contributed by atoms with Gasteiger partial charge in [0.15, 0.2) is 0 Å². The molecule has 0 bridgehead atoms. The van der Waals surface area contributed by atoms with Gasteiger partial charge in [0.25, 0.3) is 5.91 Å². The van der Waals surface area contributed by atoms with Gasteiger partial charge in [-0.1, -0.05) is 11.6 Å². The summed E-state index contributed by atoms with van der Waals surface area (Å²) in [5, 5.41) is 5.47. The average Bonchev–Trinajstić information content (AvgIpc) is 3.14. The van der Waals surface area contributed by atoms with Crippen molar-refractivity contribution in [3.63, 3.8) is 0 Å². The second kappa shape index (κ2) is 6.38. The number of benzene rings is 1. The van der Waals surface area contributed by atoms with Crippen molar-refractivity contribution in [2.45, 2.75) is 13.5 Å². The maximum atomic E-state index is 12.1. The maximum Gasteiger partial charge on any atom is 0.261 e. The highest BCUT2D eigenvalue weighted by Crippen LogP contribution is 2.24. The van der Waals surface area contributed by atoms with E-state index in [1.165, 1.54) is 11.3 Å². The summed E-state index contributed by atoms with van der Waals surface area (Å²) in [4.78, 5) is 12.8. The molecule has 1 amide bonds. The monoisotopic (exact) mass is 331 g/mol. The summed E-state index contributed by atoms with van der Waals surface area (Å²) in [6.07, 6.45) is 0. The van der Waals surface area contributed by atoms with Crippen molar-refractivity contribution >= 4 is 28.8 Å². The fraction of sp³-hybridized carbons (Fsp3) is 0.118. The minimum atomic E-state index is -0.0723. The summed E-state index contributed by atoms with van der Waals surface area (Å²) in [5.74, 6) is 1.40. The van der Waals surface area contributed by atoms with Crippen LogP contribution < -0.4 is 5.32 Å². The molecule has 0 saturated carbocycles. The highest BCUT2D eigenvalue weighted by atomic mass is 35.5. The predicted molar refractivity (Wildman–Crippen MR) is 89.4 cm³/mol. The van der Waals surface area contributed by atoms with Crippen LogP contribution in [-0.2, 0) is 6.54 Å². The zero-order valence-electron chi connectivity index (χ0n) is 11.9. The Labute approximate surface area is 137 Å². The number of thiophene rings is 1. The number of amides is 1. The van der Waals surface area contributed by atoms with Gasteiger partial charge >= 0.3 is 0 Å². The number of carbonyl (C=O) groups is 1. The number of halogens is 1. The van der Waals surface area contributed by atoms with Gasteiger partial charge in [0.05, 0.1) is 11.4 Å². The van der Waals surface area contributed by atoms with Gasteiger partial charge in [0.1, 0.15) is 11.5 Å². The van der Waals surface area contributed by atoms with E-state index >= 15 is 0 Å². The normalized spacial score (nSPS) is 10.6. The zero-order valence-corrected chi connectivity index (χ0v) is 13.5. The van der Waals surface area contributed by atoms with Crippen LogP contribution >= 0.6 is 22.9 Å². The second-order valence-electron chi connectivity index (χ2n) is 4.89. The molecule has 2 heterocycles. The van der Waals surface area contributed by atoms with Gasteiger partial charge in [-0.15, -0.1) is 11.3 Å². The van der Waals surface area contributed by atoms with Crippen LogP contribution in [0, 0.1) is 6.92 Å². The fourth-order valence-electron chi connectivity index (χ4n) is 2.10. The van der Waals surface area contributed by atoms with Gasteiger partial charge in [-0.3, -0.25) is 4.79 Å². The molecule has 0 aliphatic heterocycles. The number of furan rings is 1. The van der Waals surface area contributed by atoms with Crippen LogP contribution in [0.15, 0.2) is 52.3 Å². The van der Waals surface area contributed by atoms with E-state index in [0.717, 1.165) is 21.8 Å². The van der Waals surface area contributed by atoms with Crippen LogP contribution in [0.5, 0.6) is 0 Å². The molecule has 0 fully saturated rings. The summed E-state index contributed by atoms with van der Waals surface area (Å²) >= 11 is 7.31. The molecule has 0 aliphatic carbocycles. The maximum absolute atomic E-state index is 12.1. The molecular formula is C17H14ClNO2S. The molecule has 1 aromatic carbocycles. The van der Waals surface area contributed by atoms with E-state index in [-0.39, 0.29) is 5.91 Å². The fourth-order valence-corrected chi connectivity index (χ4v) is 3.06. The van der Waals surface area contributed by atoms with Crippen LogP contribution in [0.2, 0.25) is 5.02 Å². The molecule has 0 atom stereocenters. The average molecular weight is 332 g/mol. The van der Waals surface area contributed by atoms with Crippen molar-refractivity contribution in [3.8, 4) is 11.3 Å². The van der Waals surface area contributed by atoms with Gasteiger partial charge in [0, 0.05) is 10.6 Å². The van der Waals surface area contributed by atoms with E-state index in [1.807, 2.05) is 54.8 Å². The van der Waals surface area contributed by atoms with Gasteiger partial charge in [-0.2, -0.15) is 0 Å². The lowest BCUT2D eigenvalue weighted by Crippen LogP contribution is -2.22. The first-order chi connectivity index (χ1) is 10.6. The molecule has 5 heteroatoms. The van der Waals surface area contributed by atoms with Crippen molar-refractivity contribution in [3.05, 3.63) is 69.1 Å². The number of carbonyl (C=O) groups excluding carboxylic acids is 1. The highest BCUT2D eigenvalue weighted by Gasteiger charge is 2.11. The number of aryl methyl sites for hydroxylation is 1. The summed E-state index contributed by atoms with van der Waals surface area (Å²) in [6.45, 7) is 2.29. The standard InChI is InChI=1S/C17H14ClNO2S/c1-11-8-9-22-16(11)17(20)19-10-14-6-7-15(21-14)12-2-4-13(18)5-3-12/h2-9H,10H2,1H3,(H,19,20). The molecule has 0 spiro atoms. The van der Waals surface area contributed by atoms with Crippen LogP contribution in [0.4, 0.5) is 0 Å². The van der Waals surface area contributed by atoms with Crippen LogP contribution in [0.3, 0.4) is 0 Å². The summed E-state index contributed by atoms with van der Waals surface area (Å²) in [5.41, 5.74) is 1.94. The number of hydrogen-bond donors (Lipinski definition) is 1. The van der Waals surface area contributed by atoms with E-state index in [4.69, 9.17) is 16.0 Å². The number of rotatable bonds is 4. The SMILES string of the molecule is Cc1ccsc1C(=O)NCc1ccc(-c2ccc(Cl)cc2)o1. The molecule has 0 saturated heterocycles. The quantitative estimate of drug-likeness (QED) is 0.738. The molecule has 112 valence electrons. The lowest BCUT2D eigenvalue weighted by molar-refractivity contribution is 0.0951. The zero-order chi connectivity index (χ0) is 15.5. The first kappa shape index (κ1) is 14.9. The summed E-state index contributed by atoms with van der Waals surface area (Å²) in [7, 11) is 0. The predicted octanol–water partition coefficient (Wildman–Crippen LogP) is 4.90. The smallest absolute Gasteiger partial charge is 0.261 e. The van der Waals surface area contributed by atoms with Crippen LogP contribution in [0.1, 0.15) is 21.0 Å². The molecule has 3 rings (SSSR count). The molecule has 0 unspecified atom stereocenters. The first-order valence-corrected chi connectivity index (χ1v) is 8.06. The Balaban J connectivity index is 1.66. The highest BCUT2D eigenvalue weighted by molar-refractivity contribution is 7.12. The minimum Gasteiger partial charge on any atom is -0.459 e. The Bertz CT molecular complexity index is 789. The lowest BCUT2D eigenvalue weighted by Gasteiger charge is -2.02. The van der Waals surface area contributed by atoms with E-state index in [2.05, 4.69) is 5.32 Å². The number of hydrogen-bond acceptors (Lipinski definition) is 3. The summed E-state index contributed by atoms with van der Waals surface area (Å²) in [6, 6.07) is 13.1. The third kappa shape index (κ3) is 3.24. The third-order valence-corrected chi connectivity index (χ3v) is 4.55. The minimum absolute atomic E-state index is 0.0723. The molecule has 0 radical (unpaired) electrons. The second-order valence-corrected chi connectivity index (χ2v) is 6.24. The van der Waals surface area contributed by atoms with Crippen molar-refractivity contribution in [1.82, 2.24) is 5.32 Å². The third-order valence-electron chi connectivity index (χ3n) is 3.28. The van der Waals surface area contributed by atoms with Crippen LogP contribution in [0.25, 0.3) is 11.3 Å². The Morgan fingerprint density at radius 3 is 2.64 bits per heavy atom. The van der Waals surface area contributed by atoms with Crippen LogP contribution in [-0.4, -0.2) is 5.91 Å². The Hall–Kier alpha value is -2.04. The van der Waals surface area contributed by atoms with E-state index < -0.39 is 0 Å².